The van der Waals surface area contributed by atoms with Crippen LogP contribution in [0.5, 0.6) is 5.75 Å². The van der Waals surface area contributed by atoms with Crippen molar-refractivity contribution in [1.82, 2.24) is 9.78 Å². The maximum absolute atomic E-state index is 13.0. The van der Waals surface area contributed by atoms with Gasteiger partial charge in [0.1, 0.15) is 17.4 Å². The van der Waals surface area contributed by atoms with Crippen molar-refractivity contribution in [3.8, 4) is 5.75 Å². The average Bonchev–Trinajstić information content (AvgIpc) is 2.75. The number of rotatable bonds is 5. The van der Waals surface area contributed by atoms with Gasteiger partial charge in [0.15, 0.2) is 0 Å². The SMILES string of the molecule is Nc1ccn(CCCOc2ccc(F)c(Br)c2)n1. The Morgan fingerprint density at radius 1 is 1.39 bits per heavy atom. The minimum absolute atomic E-state index is 0.297. The molecule has 18 heavy (non-hydrogen) atoms. The van der Waals surface area contributed by atoms with Crippen molar-refractivity contribution >= 4 is 21.7 Å². The summed E-state index contributed by atoms with van der Waals surface area (Å²) in [5.41, 5.74) is 5.50. The number of nitrogens with zero attached hydrogens (tertiary/aromatic N) is 2. The molecule has 0 atom stereocenters. The third-order valence-electron chi connectivity index (χ3n) is 2.35. The van der Waals surface area contributed by atoms with E-state index in [0.717, 1.165) is 13.0 Å². The van der Waals surface area contributed by atoms with Gasteiger partial charge in [-0.2, -0.15) is 5.10 Å². The van der Waals surface area contributed by atoms with Crippen molar-refractivity contribution < 1.29 is 9.13 Å². The van der Waals surface area contributed by atoms with Crippen LogP contribution in [0.3, 0.4) is 0 Å². The van der Waals surface area contributed by atoms with E-state index in [1.165, 1.54) is 6.07 Å². The molecule has 0 saturated carbocycles. The summed E-state index contributed by atoms with van der Waals surface area (Å²) in [5, 5.41) is 4.06. The van der Waals surface area contributed by atoms with Gasteiger partial charge >= 0.3 is 0 Å². The zero-order valence-corrected chi connectivity index (χ0v) is 11.2. The number of aromatic nitrogens is 2. The highest BCUT2D eigenvalue weighted by Gasteiger charge is 2.01. The molecule has 2 N–H and O–H groups in total. The number of halogens is 2. The van der Waals surface area contributed by atoms with Gasteiger partial charge in [0.25, 0.3) is 0 Å². The van der Waals surface area contributed by atoms with Crippen LogP contribution >= 0.6 is 15.9 Å². The summed E-state index contributed by atoms with van der Waals surface area (Å²) in [5.74, 6) is 0.857. The summed E-state index contributed by atoms with van der Waals surface area (Å²) < 4.78 is 20.7. The number of benzene rings is 1. The molecule has 6 heteroatoms. The summed E-state index contributed by atoms with van der Waals surface area (Å²) in [4.78, 5) is 0. The van der Waals surface area contributed by atoms with Gasteiger partial charge in [-0.3, -0.25) is 4.68 Å². The molecule has 1 heterocycles. The van der Waals surface area contributed by atoms with Gasteiger partial charge in [-0.15, -0.1) is 0 Å². The molecular weight excluding hydrogens is 301 g/mol. The Labute approximate surface area is 113 Å². The Kier molecular flexibility index (Phi) is 4.19. The highest BCUT2D eigenvalue weighted by atomic mass is 79.9. The number of nitrogens with two attached hydrogens (primary N) is 1. The monoisotopic (exact) mass is 313 g/mol. The van der Waals surface area contributed by atoms with Gasteiger partial charge in [-0.1, -0.05) is 0 Å². The van der Waals surface area contributed by atoms with Crippen LogP contribution in [0.4, 0.5) is 10.2 Å². The van der Waals surface area contributed by atoms with Gasteiger partial charge in [0.05, 0.1) is 11.1 Å². The third kappa shape index (κ3) is 3.46. The van der Waals surface area contributed by atoms with Gasteiger partial charge in [0.2, 0.25) is 0 Å². The Morgan fingerprint density at radius 3 is 2.89 bits per heavy atom. The molecule has 0 aliphatic carbocycles. The fourth-order valence-electron chi connectivity index (χ4n) is 1.49. The lowest BCUT2D eigenvalue weighted by Gasteiger charge is -2.07. The van der Waals surface area contributed by atoms with Crippen molar-refractivity contribution in [3.63, 3.8) is 0 Å². The van der Waals surface area contributed by atoms with Gasteiger partial charge in [-0.05, 0) is 40.2 Å². The van der Waals surface area contributed by atoms with Crippen LogP contribution in [0.15, 0.2) is 34.9 Å². The summed E-state index contributed by atoms with van der Waals surface area (Å²) in [6, 6.07) is 6.33. The van der Waals surface area contributed by atoms with E-state index in [0.29, 0.717) is 22.6 Å². The molecule has 96 valence electrons. The molecule has 0 aliphatic rings. The molecule has 2 aromatic rings. The van der Waals surface area contributed by atoms with Crippen LogP contribution in [-0.4, -0.2) is 16.4 Å². The second-order valence-corrected chi connectivity index (χ2v) is 4.64. The van der Waals surface area contributed by atoms with Crippen LogP contribution < -0.4 is 10.5 Å². The maximum Gasteiger partial charge on any atom is 0.145 e. The molecule has 0 aliphatic heterocycles. The zero-order chi connectivity index (χ0) is 13.0. The van der Waals surface area contributed by atoms with Crippen LogP contribution in [0.2, 0.25) is 0 Å². The highest BCUT2D eigenvalue weighted by molar-refractivity contribution is 9.10. The molecule has 0 radical (unpaired) electrons. The van der Waals surface area contributed by atoms with Crippen LogP contribution in [0.25, 0.3) is 0 Å². The number of ether oxygens (including phenoxy) is 1. The second kappa shape index (κ2) is 5.86. The minimum atomic E-state index is -0.297. The fourth-order valence-corrected chi connectivity index (χ4v) is 1.84. The van der Waals surface area contributed by atoms with E-state index >= 15 is 0 Å². The quantitative estimate of drug-likeness (QED) is 0.864. The Balaban J connectivity index is 1.76. The van der Waals surface area contributed by atoms with Crippen LogP contribution in [-0.2, 0) is 6.54 Å². The Bertz CT molecular complexity index is 530. The average molecular weight is 314 g/mol. The third-order valence-corrected chi connectivity index (χ3v) is 2.96. The van der Waals surface area contributed by atoms with Gasteiger partial charge in [-0.25, -0.2) is 4.39 Å². The first kappa shape index (κ1) is 12.9. The summed E-state index contributed by atoms with van der Waals surface area (Å²) >= 11 is 3.11. The normalized spacial score (nSPS) is 10.6. The first-order valence-electron chi connectivity index (χ1n) is 5.52. The lowest BCUT2D eigenvalue weighted by Crippen LogP contribution is -2.05. The second-order valence-electron chi connectivity index (χ2n) is 3.78. The molecule has 1 aromatic heterocycles. The molecule has 0 unspecified atom stereocenters. The standard InChI is InChI=1S/C12H13BrFN3O/c13-10-8-9(2-3-11(10)14)18-7-1-5-17-6-4-12(15)16-17/h2-4,6,8H,1,5,7H2,(H2,15,16). The summed E-state index contributed by atoms with van der Waals surface area (Å²) in [6.07, 6.45) is 2.62. The largest absolute Gasteiger partial charge is 0.493 e. The molecule has 0 saturated heterocycles. The molecule has 2 rings (SSSR count). The number of hydrogen-bond donors (Lipinski definition) is 1. The van der Waals surface area contributed by atoms with E-state index in [-0.39, 0.29) is 5.82 Å². The molecule has 0 amide bonds. The maximum atomic E-state index is 13.0. The van der Waals surface area contributed by atoms with Crippen molar-refractivity contribution in [2.45, 2.75) is 13.0 Å². The van der Waals surface area contributed by atoms with Crippen molar-refractivity contribution in [3.05, 3.63) is 40.8 Å². The lowest BCUT2D eigenvalue weighted by atomic mass is 10.3. The first-order chi connectivity index (χ1) is 8.65. The van der Waals surface area contributed by atoms with E-state index in [2.05, 4.69) is 21.0 Å². The number of hydrogen-bond acceptors (Lipinski definition) is 3. The van der Waals surface area contributed by atoms with Crippen molar-refractivity contribution in [1.29, 1.82) is 0 Å². The fraction of sp³-hybridized carbons (Fsp3) is 0.250. The number of aryl methyl sites for hydroxylation is 1. The Morgan fingerprint density at radius 2 is 2.22 bits per heavy atom. The van der Waals surface area contributed by atoms with E-state index < -0.39 is 0 Å². The zero-order valence-electron chi connectivity index (χ0n) is 9.64. The van der Waals surface area contributed by atoms with E-state index in [9.17, 15) is 4.39 Å². The van der Waals surface area contributed by atoms with E-state index in [1.54, 1.807) is 22.9 Å². The number of nitrogen functional groups attached to an aromatic ring is 1. The number of anilines is 1. The molecule has 1 aromatic carbocycles. The predicted molar refractivity (Wildman–Crippen MR) is 70.9 cm³/mol. The lowest BCUT2D eigenvalue weighted by molar-refractivity contribution is 0.298. The molecule has 4 nitrogen and oxygen atoms in total. The van der Waals surface area contributed by atoms with E-state index in [1.807, 2.05) is 6.20 Å². The smallest absolute Gasteiger partial charge is 0.145 e. The highest BCUT2D eigenvalue weighted by Crippen LogP contribution is 2.21. The van der Waals surface area contributed by atoms with Crippen LogP contribution in [0.1, 0.15) is 6.42 Å². The summed E-state index contributed by atoms with van der Waals surface area (Å²) in [7, 11) is 0. The minimum Gasteiger partial charge on any atom is -0.493 e. The summed E-state index contributed by atoms with van der Waals surface area (Å²) in [6.45, 7) is 1.28. The predicted octanol–water partition coefficient (Wildman–Crippen LogP) is 2.84. The van der Waals surface area contributed by atoms with Crippen molar-refractivity contribution in [2.75, 3.05) is 12.3 Å². The Hall–Kier alpha value is -1.56. The van der Waals surface area contributed by atoms with Crippen LogP contribution in [0, 0.1) is 5.82 Å². The van der Waals surface area contributed by atoms with Gasteiger partial charge in [0, 0.05) is 19.2 Å². The van der Waals surface area contributed by atoms with E-state index in [4.69, 9.17) is 10.5 Å². The molecular formula is C12H13BrFN3O. The molecule has 0 bridgehead atoms. The molecule has 0 spiro atoms. The van der Waals surface area contributed by atoms with Gasteiger partial charge < -0.3 is 10.5 Å². The van der Waals surface area contributed by atoms with Crippen molar-refractivity contribution in [2.24, 2.45) is 0 Å². The topological polar surface area (TPSA) is 53.1 Å². The first-order valence-corrected chi connectivity index (χ1v) is 6.31. The molecule has 0 fully saturated rings.